The van der Waals surface area contributed by atoms with Crippen molar-refractivity contribution in [2.24, 2.45) is 5.73 Å². The van der Waals surface area contributed by atoms with Crippen LogP contribution in [0, 0.1) is 0 Å². The van der Waals surface area contributed by atoms with Gasteiger partial charge in [0, 0.05) is 6.42 Å². The molecular formula is C10H19NO. The molecule has 0 aromatic carbocycles. The summed E-state index contributed by atoms with van der Waals surface area (Å²) < 4.78 is 0. The molecule has 0 heterocycles. The first-order valence-electron chi connectivity index (χ1n) is 4.67. The average Bonchev–Trinajstić information content (AvgIpc) is 2.10. The summed E-state index contributed by atoms with van der Waals surface area (Å²) in [5, 5.41) is 0. The Hall–Kier alpha value is -0.790. The fourth-order valence-corrected chi connectivity index (χ4v) is 1.02. The van der Waals surface area contributed by atoms with Gasteiger partial charge in [0.2, 0.25) is 0 Å². The number of Topliss-reactive ketones (excluding diaryl/α,β-unsaturated/α-hetero) is 1. The predicted molar refractivity (Wildman–Crippen MR) is 51.7 cm³/mol. The van der Waals surface area contributed by atoms with Gasteiger partial charge in [-0.25, -0.2) is 0 Å². The van der Waals surface area contributed by atoms with Crippen molar-refractivity contribution >= 4 is 5.78 Å². The highest BCUT2D eigenvalue weighted by Gasteiger charge is 2.02. The highest BCUT2D eigenvalue weighted by molar-refractivity contribution is 5.94. The van der Waals surface area contributed by atoms with Crippen LogP contribution in [0.5, 0.6) is 0 Å². The van der Waals surface area contributed by atoms with E-state index in [1.165, 1.54) is 12.8 Å². The van der Waals surface area contributed by atoms with E-state index in [-0.39, 0.29) is 5.78 Å². The maximum atomic E-state index is 11.1. The number of rotatable bonds is 6. The number of carbonyl (C=O) groups is 1. The number of unbranched alkanes of at least 4 members (excludes halogenated alkanes) is 3. The summed E-state index contributed by atoms with van der Waals surface area (Å²) in [4.78, 5) is 11.1. The average molecular weight is 169 g/mol. The molecule has 0 atom stereocenters. The van der Waals surface area contributed by atoms with E-state index in [4.69, 9.17) is 5.73 Å². The molecule has 0 aliphatic heterocycles. The molecule has 0 saturated carbocycles. The zero-order valence-corrected chi connectivity index (χ0v) is 8.10. The van der Waals surface area contributed by atoms with E-state index in [1.54, 1.807) is 13.0 Å². The summed E-state index contributed by atoms with van der Waals surface area (Å²) in [5.41, 5.74) is 5.85. The van der Waals surface area contributed by atoms with Gasteiger partial charge in [-0.15, -0.1) is 0 Å². The minimum Gasteiger partial charge on any atom is -0.396 e. The first-order valence-corrected chi connectivity index (χ1v) is 4.67. The minimum atomic E-state index is 0.0913. The number of carbonyl (C=O) groups excluding carboxylic acids is 1. The molecule has 2 nitrogen and oxygen atoms in total. The van der Waals surface area contributed by atoms with Crippen LogP contribution in [-0.2, 0) is 4.79 Å². The van der Waals surface area contributed by atoms with E-state index in [2.05, 4.69) is 6.92 Å². The molecule has 0 amide bonds. The molecule has 0 aliphatic rings. The Kier molecular flexibility index (Phi) is 6.44. The third-order valence-electron chi connectivity index (χ3n) is 1.89. The second-order valence-corrected chi connectivity index (χ2v) is 2.98. The molecule has 0 bridgehead atoms. The summed E-state index contributed by atoms with van der Waals surface area (Å²) in [6.07, 6.45) is 6.80. The van der Waals surface area contributed by atoms with Crippen molar-refractivity contribution in [3.05, 3.63) is 11.8 Å². The third-order valence-corrected chi connectivity index (χ3v) is 1.89. The molecule has 12 heavy (non-hydrogen) atoms. The molecule has 0 fully saturated rings. The fraction of sp³-hybridized carbons (Fsp3) is 0.700. The van der Waals surface area contributed by atoms with Crippen molar-refractivity contribution in [2.45, 2.75) is 46.0 Å². The Morgan fingerprint density at radius 3 is 2.50 bits per heavy atom. The number of ketones is 1. The SMILES string of the molecule is C/C=C(\N)C(=O)CCCCCC. The van der Waals surface area contributed by atoms with Crippen molar-refractivity contribution in [1.82, 2.24) is 0 Å². The maximum Gasteiger partial charge on any atom is 0.178 e. The maximum absolute atomic E-state index is 11.1. The molecular weight excluding hydrogens is 150 g/mol. The van der Waals surface area contributed by atoms with Gasteiger partial charge in [-0.1, -0.05) is 32.3 Å². The van der Waals surface area contributed by atoms with Crippen LogP contribution in [-0.4, -0.2) is 5.78 Å². The van der Waals surface area contributed by atoms with E-state index in [1.807, 2.05) is 0 Å². The molecule has 0 rings (SSSR count). The first kappa shape index (κ1) is 11.2. The molecule has 0 aromatic heterocycles. The van der Waals surface area contributed by atoms with Crippen LogP contribution in [0.3, 0.4) is 0 Å². The van der Waals surface area contributed by atoms with Crippen molar-refractivity contribution in [3.63, 3.8) is 0 Å². The Balaban J connectivity index is 3.45. The molecule has 0 spiro atoms. The largest absolute Gasteiger partial charge is 0.396 e. The Morgan fingerprint density at radius 1 is 1.33 bits per heavy atom. The summed E-state index contributed by atoms with van der Waals surface area (Å²) in [5.74, 6) is 0.0913. The van der Waals surface area contributed by atoms with E-state index in [0.717, 1.165) is 12.8 Å². The van der Waals surface area contributed by atoms with Gasteiger partial charge < -0.3 is 5.73 Å². The van der Waals surface area contributed by atoms with Crippen LogP contribution in [0.1, 0.15) is 46.0 Å². The summed E-state index contributed by atoms with van der Waals surface area (Å²) in [6, 6.07) is 0. The van der Waals surface area contributed by atoms with Gasteiger partial charge in [-0.3, -0.25) is 4.79 Å². The van der Waals surface area contributed by atoms with Gasteiger partial charge >= 0.3 is 0 Å². The quantitative estimate of drug-likeness (QED) is 0.490. The lowest BCUT2D eigenvalue weighted by molar-refractivity contribution is -0.115. The molecule has 2 heteroatoms. The number of nitrogens with two attached hydrogens (primary N) is 1. The van der Waals surface area contributed by atoms with Crippen LogP contribution < -0.4 is 5.73 Å². The number of hydrogen-bond acceptors (Lipinski definition) is 2. The molecule has 0 radical (unpaired) electrons. The minimum absolute atomic E-state index is 0.0913. The van der Waals surface area contributed by atoms with E-state index in [0.29, 0.717) is 12.1 Å². The van der Waals surface area contributed by atoms with Crippen LogP contribution in [0.2, 0.25) is 0 Å². The van der Waals surface area contributed by atoms with Crippen molar-refractivity contribution in [2.75, 3.05) is 0 Å². The highest BCUT2D eigenvalue weighted by Crippen LogP contribution is 2.04. The summed E-state index contributed by atoms with van der Waals surface area (Å²) >= 11 is 0. The van der Waals surface area contributed by atoms with Crippen LogP contribution in [0.4, 0.5) is 0 Å². The zero-order valence-electron chi connectivity index (χ0n) is 8.10. The fourth-order valence-electron chi connectivity index (χ4n) is 1.02. The monoisotopic (exact) mass is 169 g/mol. The van der Waals surface area contributed by atoms with Gasteiger partial charge in [0.15, 0.2) is 5.78 Å². The highest BCUT2D eigenvalue weighted by atomic mass is 16.1. The molecule has 70 valence electrons. The lowest BCUT2D eigenvalue weighted by Gasteiger charge is -1.99. The van der Waals surface area contributed by atoms with Gasteiger partial charge in [0.1, 0.15) is 0 Å². The number of allylic oxidation sites excluding steroid dienone is 2. The van der Waals surface area contributed by atoms with Crippen LogP contribution in [0.25, 0.3) is 0 Å². The first-order chi connectivity index (χ1) is 5.72. The van der Waals surface area contributed by atoms with E-state index < -0.39 is 0 Å². The Bertz CT molecular complexity index is 161. The standard InChI is InChI=1S/C10H19NO/c1-3-5-6-7-8-10(12)9(11)4-2/h4H,3,5-8,11H2,1-2H3/b9-4-. The van der Waals surface area contributed by atoms with Gasteiger partial charge in [-0.2, -0.15) is 0 Å². The van der Waals surface area contributed by atoms with Crippen molar-refractivity contribution < 1.29 is 4.79 Å². The normalized spacial score (nSPS) is 11.7. The van der Waals surface area contributed by atoms with Crippen LogP contribution >= 0.6 is 0 Å². The van der Waals surface area contributed by atoms with E-state index in [9.17, 15) is 4.79 Å². The van der Waals surface area contributed by atoms with Gasteiger partial charge in [0.05, 0.1) is 5.70 Å². The topological polar surface area (TPSA) is 43.1 Å². The molecule has 0 unspecified atom stereocenters. The summed E-state index contributed by atoms with van der Waals surface area (Å²) in [6.45, 7) is 3.95. The zero-order chi connectivity index (χ0) is 9.40. The molecule has 0 aromatic rings. The van der Waals surface area contributed by atoms with E-state index >= 15 is 0 Å². The molecule has 2 N–H and O–H groups in total. The molecule has 0 saturated heterocycles. The van der Waals surface area contributed by atoms with Gasteiger partial charge in [-0.05, 0) is 13.3 Å². The molecule has 0 aliphatic carbocycles. The van der Waals surface area contributed by atoms with Crippen LogP contribution in [0.15, 0.2) is 11.8 Å². The predicted octanol–water partition coefficient (Wildman–Crippen LogP) is 2.39. The number of hydrogen-bond donors (Lipinski definition) is 1. The third kappa shape index (κ3) is 4.94. The Morgan fingerprint density at radius 2 is 2.00 bits per heavy atom. The van der Waals surface area contributed by atoms with Gasteiger partial charge in [0.25, 0.3) is 0 Å². The lowest BCUT2D eigenvalue weighted by atomic mass is 10.1. The smallest absolute Gasteiger partial charge is 0.178 e. The second kappa shape index (κ2) is 6.89. The summed E-state index contributed by atoms with van der Waals surface area (Å²) in [7, 11) is 0. The Labute approximate surface area is 74.8 Å². The van der Waals surface area contributed by atoms with Crippen molar-refractivity contribution in [3.8, 4) is 0 Å². The van der Waals surface area contributed by atoms with Crippen molar-refractivity contribution in [1.29, 1.82) is 0 Å². The second-order valence-electron chi connectivity index (χ2n) is 2.98. The lowest BCUT2D eigenvalue weighted by Crippen LogP contribution is -2.10.